The van der Waals surface area contributed by atoms with Crippen molar-refractivity contribution in [2.45, 2.75) is 32.2 Å². The minimum absolute atomic E-state index is 0.0550. The van der Waals surface area contributed by atoms with Gasteiger partial charge in [-0.05, 0) is 62.2 Å². The molecule has 2 atom stereocenters. The van der Waals surface area contributed by atoms with Gasteiger partial charge in [0.15, 0.2) is 5.82 Å². The number of anilines is 1. The van der Waals surface area contributed by atoms with E-state index in [4.69, 9.17) is 0 Å². The number of nitrogens with one attached hydrogen (secondary N) is 2. The lowest BCUT2D eigenvalue weighted by molar-refractivity contribution is 0.251. The smallest absolute Gasteiger partial charge is 0.319 e. The lowest BCUT2D eigenvalue weighted by Crippen LogP contribution is -2.31. The average Bonchev–Trinajstić information content (AvgIpc) is 3.31. The number of benzene rings is 2. The first-order valence-corrected chi connectivity index (χ1v) is 9.07. The van der Waals surface area contributed by atoms with Gasteiger partial charge in [-0.2, -0.15) is 5.10 Å². The van der Waals surface area contributed by atoms with E-state index in [-0.39, 0.29) is 17.8 Å². The molecule has 0 aliphatic heterocycles. The third-order valence-electron chi connectivity index (χ3n) is 4.83. The standard InChI is InChI=1S/C21H20F2N4O/c1-12-8-13(2)27(26-12)20-7-6-16(10-18(20)23)24-21(28)25-19-11-17(19)14-4-3-5-15(22)9-14/h3-10,17,19H,11H2,1-2H3,(H2,24,25,28)/t17-,19+/m1/s1. The Morgan fingerprint density at radius 2 is 1.96 bits per heavy atom. The number of aryl methyl sites for hydroxylation is 2. The molecule has 2 amide bonds. The number of hydrogen-bond acceptors (Lipinski definition) is 2. The van der Waals surface area contributed by atoms with Crippen LogP contribution in [-0.2, 0) is 0 Å². The fourth-order valence-electron chi connectivity index (χ4n) is 3.42. The summed E-state index contributed by atoms with van der Waals surface area (Å²) in [6, 6.07) is 12.3. The Kier molecular flexibility index (Phi) is 4.58. The lowest BCUT2D eigenvalue weighted by Gasteiger charge is -2.10. The molecule has 1 aliphatic carbocycles. The zero-order valence-electron chi connectivity index (χ0n) is 15.5. The summed E-state index contributed by atoms with van der Waals surface area (Å²) >= 11 is 0. The Hall–Kier alpha value is -3.22. The van der Waals surface area contributed by atoms with Gasteiger partial charge in [-0.15, -0.1) is 0 Å². The molecule has 0 spiro atoms. The molecule has 7 heteroatoms. The summed E-state index contributed by atoms with van der Waals surface area (Å²) in [6.45, 7) is 3.69. The number of aromatic nitrogens is 2. The van der Waals surface area contributed by atoms with E-state index in [0.717, 1.165) is 23.4 Å². The minimum Gasteiger partial charge on any atom is -0.334 e. The van der Waals surface area contributed by atoms with Gasteiger partial charge >= 0.3 is 6.03 Å². The second-order valence-electron chi connectivity index (χ2n) is 7.11. The van der Waals surface area contributed by atoms with Crippen molar-refractivity contribution < 1.29 is 13.6 Å². The third-order valence-corrected chi connectivity index (χ3v) is 4.83. The van der Waals surface area contributed by atoms with Gasteiger partial charge < -0.3 is 10.6 Å². The molecule has 2 aromatic carbocycles. The van der Waals surface area contributed by atoms with Crippen LogP contribution in [0, 0.1) is 25.5 Å². The maximum atomic E-state index is 14.5. The predicted molar refractivity (Wildman–Crippen MR) is 103 cm³/mol. The summed E-state index contributed by atoms with van der Waals surface area (Å²) in [6.07, 6.45) is 0.752. The molecule has 1 aliphatic rings. The molecule has 4 rings (SSSR count). The highest BCUT2D eigenvalue weighted by molar-refractivity contribution is 5.89. The van der Waals surface area contributed by atoms with Crippen LogP contribution in [0.25, 0.3) is 5.69 Å². The normalized spacial score (nSPS) is 18.0. The highest BCUT2D eigenvalue weighted by Crippen LogP contribution is 2.40. The number of hydrogen-bond donors (Lipinski definition) is 2. The highest BCUT2D eigenvalue weighted by atomic mass is 19.1. The molecule has 28 heavy (non-hydrogen) atoms. The molecule has 5 nitrogen and oxygen atoms in total. The van der Waals surface area contributed by atoms with Gasteiger partial charge in [0.2, 0.25) is 0 Å². The van der Waals surface area contributed by atoms with Gasteiger partial charge in [-0.25, -0.2) is 18.3 Å². The van der Waals surface area contributed by atoms with Crippen LogP contribution in [0.5, 0.6) is 0 Å². The van der Waals surface area contributed by atoms with Gasteiger partial charge in [0, 0.05) is 23.3 Å². The number of carbonyl (C=O) groups excluding carboxylic acids is 1. The van der Waals surface area contributed by atoms with Crippen molar-refractivity contribution in [2.75, 3.05) is 5.32 Å². The molecular formula is C21H20F2N4O. The fraction of sp³-hybridized carbons (Fsp3) is 0.238. The van der Waals surface area contributed by atoms with E-state index in [1.165, 1.54) is 22.9 Å². The zero-order chi connectivity index (χ0) is 19.8. The third kappa shape index (κ3) is 3.74. The van der Waals surface area contributed by atoms with E-state index < -0.39 is 11.8 Å². The maximum Gasteiger partial charge on any atom is 0.319 e. The Balaban J connectivity index is 1.39. The first-order valence-electron chi connectivity index (χ1n) is 9.07. The van der Waals surface area contributed by atoms with Crippen LogP contribution in [0.2, 0.25) is 0 Å². The van der Waals surface area contributed by atoms with Crippen LogP contribution >= 0.6 is 0 Å². The van der Waals surface area contributed by atoms with Crippen LogP contribution in [0.3, 0.4) is 0 Å². The van der Waals surface area contributed by atoms with E-state index in [0.29, 0.717) is 11.4 Å². The summed E-state index contributed by atoms with van der Waals surface area (Å²) in [5, 5.41) is 9.75. The molecule has 0 radical (unpaired) electrons. The molecule has 2 N–H and O–H groups in total. The van der Waals surface area contributed by atoms with E-state index in [1.54, 1.807) is 18.2 Å². The van der Waals surface area contributed by atoms with Crippen LogP contribution in [0.15, 0.2) is 48.5 Å². The molecule has 1 saturated carbocycles. The SMILES string of the molecule is Cc1cc(C)n(-c2ccc(NC(=O)N[C@H]3C[C@@H]3c3cccc(F)c3)cc2F)n1. The summed E-state index contributed by atoms with van der Waals surface area (Å²) in [5.74, 6) is -0.662. The van der Waals surface area contributed by atoms with E-state index in [9.17, 15) is 13.6 Å². The van der Waals surface area contributed by atoms with Crippen molar-refractivity contribution in [2.24, 2.45) is 0 Å². The van der Waals surface area contributed by atoms with Crippen LogP contribution < -0.4 is 10.6 Å². The van der Waals surface area contributed by atoms with Crippen LogP contribution in [0.4, 0.5) is 19.3 Å². The summed E-state index contributed by atoms with van der Waals surface area (Å²) in [4.78, 5) is 12.2. The van der Waals surface area contributed by atoms with Crippen molar-refractivity contribution in [1.82, 2.24) is 15.1 Å². The second kappa shape index (κ2) is 7.07. The Bertz CT molecular complexity index is 1050. The molecule has 1 fully saturated rings. The van der Waals surface area contributed by atoms with E-state index >= 15 is 0 Å². The molecule has 0 saturated heterocycles. The molecule has 144 valence electrons. The van der Waals surface area contributed by atoms with Gasteiger partial charge in [-0.1, -0.05) is 12.1 Å². The molecule has 0 bridgehead atoms. The highest BCUT2D eigenvalue weighted by Gasteiger charge is 2.39. The number of urea groups is 1. The summed E-state index contributed by atoms with van der Waals surface area (Å²) in [5.41, 5.74) is 3.17. The number of amides is 2. The Morgan fingerprint density at radius 1 is 1.14 bits per heavy atom. The summed E-state index contributed by atoms with van der Waals surface area (Å²) < 4.78 is 29.3. The fourth-order valence-corrected chi connectivity index (χ4v) is 3.42. The average molecular weight is 382 g/mol. The van der Waals surface area contributed by atoms with Crippen molar-refractivity contribution >= 4 is 11.7 Å². The lowest BCUT2D eigenvalue weighted by atomic mass is 10.1. The Labute approximate surface area is 161 Å². The number of carbonyl (C=O) groups is 1. The molecule has 3 aromatic rings. The van der Waals surface area contributed by atoms with Gasteiger partial charge in [-0.3, -0.25) is 0 Å². The first-order chi connectivity index (χ1) is 13.4. The van der Waals surface area contributed by atoms with Gasteiger partial charge in [0.25, 0.3) is 0 Å². The van der Waals surface area contributed by atoms with E-state index in [1.807, 2.05) is 26.0 Å². The first kappa shape index (κ1) is 18.2. The molecular weight excluding hydrogens is 362 g/mol. The minimum atomic E-state index is -0.479. The van der Waals surface area contributed by atoms with Crippen LogP contribution in [-0.4, -0.2) is 21.9 Å². The van der Waals surface area contributed by atoms with Crippen molar-refractivity contribution in [1.29, 1.82) is 0 Å². The number of nitrogens with zero attached hydrogens (tertiary/aromatic N) is 2. The number of halogens is 2. The predicted octanol–water partition coefficient (Wildman–Crippen LogP) is 4.44. The van der Waals surface area contributed by atoms with E-state index in [2.05, 4.69) is 15.7 Å². The van der Waals surface area contributed by atoms with Crippen molar-refractivity contribution in [3.8, 4) is 5.69 Å². The van der Waals surface area contributed by atoms with Gasteiger partial charge in [0.05, 0.1) is 5.69 Å². The molecule has 1 heterocycles. The largest absolute Gasteiger partial charge is 0.334 e. The van der Waals surface area contributed by atoms with Crippen molar-refractivity contribution in [3.05, 3.63) is 77.1 Å². The quantitative estimate of drug-likeness (QED) is 0.701. The molecule has 0 unspecified atom stereocenters. The van der Waals surface area contributed by atoms with Gasteiger partial charge in [0.1, 0.15) is 11.5 Å². The summed E-state index contributed by atoms with van der Waals surface area (Å²) in [7, 11) is 0. The molecule has 1 aromatic heterocycles. The van der Waals surface area contributed by atoms with Crippen molar-refractivity contribution in [3.63, 3.8) is 0 Å². The maximum absolute atomic E-state index is 14.5. The number of rotatable bonds is 4. The second-order valence-corrected chi connectivity index (χ2v) is 7.11. The zero-order valence-corrected chi connectivity index (χ0v) is 15.5. The monoisotopic (exact) mass is 382 g/mol. The Morgan fingerprint density at radius 3 is 2.64 bits per heavy atom. The topological polar surface area (TPSA) is 59.0 Å². The van der Waals surface area contributed by atoms with Crippen LogP contribution in [0.1, 0.15) is 29.3 Å².